The fraction of sp³-hybridized carbons (Fsp3) is 0.364. The van der Waals surface area contributed by atoms with Crippen LogP contribution in [0.1, 0.15) is 18.1 Å². The lowest BCUT2D eigenvalue weighted by Crippen LogP contribution is -2.41. The Labute approximate surface area is 95.3 Å². The smallest absolute Gasteiger partial charge is 0.416 e. The van der Waals surface area contributed by atoms with Crippen LogP contribution in [0.15, 0.2) is 18.2 Å². The highest BCUT2D eigenvalue weighted by Gasteiger charge is 2.44. The van der Waals surface area contributed by atoms with Crippen LogP contribution in [0.3, 0.4) is 0 Å². The molecule has 1 heterocycles. The molecule has 2 N–H and O–H groups in total. The second kappa shape index (κ2) is 3.38. The second-order valence-electron chi connectivity index (χ2n) is 4.27. The van der Waals surface area contributed by atoms with Gasteiger partial charge < -0.3 is 10.4 Å². The number of carboxylic acids is 1. The van der Waals surface area contributed by atoms with Crippen molar-refractivity contribution in [2.45, 2.75) is 25.1 Å². The number of fused-ring (bicyclic) bond motifs is 1. The van der Waals surface area contributed by atoms with E-state index in [1.165, 1.54) is 19.1 Å². The zero-order chi connectivity index (χ0) is 12.8. The maximum absolute atomic E-state index is 12.7. The number of hydrogen-bond donors (Lipinski definition) is 2. The fourth-order valence-electron chi connectivity index (χ4n) is 1.98. The molecule has 1 aliphatic heterocycles. The first kappa shape index (κ1) is 11.8. The molecule has 6 heteroatoms. The monoisotopic (exact) mass is 245 g/mol. The van der Waals surface area contributed by atoms with Crippen LogP contribution in [0, 0.1) is 0 Å². The molecule has 0 amide bonds. The van der Waals surface area contributed by atoms with Crippen LogP contribution in [0.5, 0.6) is 0 Å². The zero-order valence-corrected chi connectivity index (χ0v) is 8.93. The molecule has 1 atom stereocenters. The average molecular weight is 245 g/mol. The summed E-state index contributed by atoms with van der Waals surface area (Å²) in [6.45, 7) is 1.37. The first-order chi connectivity index (χ1) is 7.74. The predicted octanol–water partition coefficient (Wildman–Crippen LogP) is 2.52. The van der Waals surface area contributed by atoms with E-state index in [1.54, 1.807) is 0 Å². The Morgan fingerprint density at radius 3 is 2.65 bits per heavy atom. The van der Waals surface area contributed by atoms with Crippen LogP contribution in [0.2, 0.25) is 0 Å². The molecule has 0 fully saturated rings. The fourth-order valence-corrected chi connectivity index (χ4v) is 1.98. The molecular weight excluding hydrogens is 235 g/mol. The van der Waals surface area contributed by atoms with E-state index in [9.17, 15) is 18.0 Å². The number of aliphatic carboxylic acids is 1. The third-order valence-electron chi connectivity index (χ3n) is 2.89. The summed E-state index contributed by atoms with van der Waals surface area (Å²) in [6, 6.07) is 3.69. The number of hydrogen-bond acceptors (Lipinski definition) is 2. The minimum atomic E-state index is -4.46. The Morgan fingerprint density at radius 1 is 1.47 bits per heavy atom. The number of halogens is 3. The van der Waals surface area contributed by atoms with Crippen LogP contribution in [-0.4, -0.2) is 16.6 Å². The molecular formula is C11H10F3NO2. The van der Waals surface area contributed by atoms with Crippen LogP contribution in [0.25, 0.3) is 0 Å². The molecule has 0 bridgehead atoms. The SMILES string of the molecule is CC1(C(=O)O)Cc2c(cccc2C(F)(F)F)N1. The lowest BCUT2D eigenvalue weighted by atomic mass is 9.95. The van der Waals surface area contributed by atoms with Crippen molar-refractivity contribution in [1.82, 2.24) is 0 Å². The van der Waals surface area contributed by atoms with Gasteiger partial charge in [-0.05, 0) is 24.6 Å². The first-order valence-corrected chi connectivity index (χ1v) is 4.95. The van der Waals surface area contributed by atoms with Gasteiger partial charge in [-0.15, -0.1) is 0 Å². The largest absolute Gasteiger partial charge is 0.480 e. The van der Waals surface area contributed by atoms with Gasteiger partial charge in [-0.25, -0.2) is 4.79 Å². The summed E-state index contributed by atoms with van der Waals surface area (Å²) in [5.41, 5.74) is -1.88. The van der Waals surface area contributed by atoms with Gasteiger partial charge in [-0.3, -0.25) is 0 Å². The number of rotatable bonds is 1. The third-order valence-corrected chi connectivity index (χ3v) is 2.89. The molecule has 0 spiro atoms. The van der Waals surface area contributed by atoms with Crippen LogP contribution in [-0.2, 0) is 17.4 Å². The van der Waals surface area contributed by atoms with E-state index in [0.29, 0.717) is 0 Å². The van der Waals surface area contributed by atoms with E-state index in [-0.39, 0.29) is 17.7 Å². The standard InChI is InChI=1S/C11H10F3NO2/c1-10(9(16)17)5-6-7(11(12,13)14)3-2-4-8(6)15-10/h2-4,15H,5H2,1H3,(H,16,17). The van der Waals surface area contributed by atoms with Crippen molar-refractivity contribution >= 4 is 11.7 Å². The van der Waals surface area contributed by atoms with Crippen molar-refractivity contribution < 1.29 is 23.1 Å². The van der Waals surface area contributed by atoms with Gasteiger partial charge in [0.2, 0.25) is 0 Å². The Bertz CT molecular complexity index is 484. The average Bonchev–Trinajstić information content (AvgIpc) is 2.53. The number of benzene rings is 1. The quantitative estimate of drug-likeness (QED) is 0.799. The summed E-state index contributed by atoms with van der Waals surface area (Å²) >= 11 is 0. The summed E-state index contributed by atoms with van der Waals surface area (Å²) in [5, 5.41) is 11.6. The van der Waals surface area contributed by atoms with Crippen molar-refractivity contribution in [2.75, 3.05) is 5.32 Å². The molecule has 0 saturated carbocycles. The molecule has 92 valence electrons. The van der Waals surface area contributed by atoms with Gasteiger partial charge in [0.15, 0.2) is 0 Å². The summed E-state index contributed by atoms with van der Waals surface area (Å²) in [5.74, 6) is -1.16. The molecule has 0 aromatic heterocycles. The van der Waals surface area contributed by atoms with Gasteiger partial charge >= 0.3 is 12.1 Å². The molecule has 2 rings (SSSR count). The Balaban J connectivity index is 2.49. The molecule has 1 unspecified atom stereocenters. The molecule has 0 saturated heterocycles. The van der Waals surface area contributed by atoms with E-state index >= 15 is 0 Å². The molecule has 1 aliphatic rings. The van der Waals surface area contributed by atoms with Gasteiger partial charge in [-0.2, -0.15) is 13.2 Å². The topological polar surface area (TPSA) is 49.3 Å². The van der Waals surface area contributed by atoms with E-state index in [2.05, 4.69) is 5.32 Å². The predicted molar refractivity (Wildman–Crippen MR) is 54.8 cm³/mol. The molecule has 0 radical (unpaired) electrons. The molecule has 0 aliphatic carbocycles. The highest BCUT2D eigenvalue weighted by molar-refractivity contribution is 5.86. The molecule has 1 aromatic rings. The highest BCUT2D eigenvalue weighted by Crippen LogP contribution is 2.41. The van der Waals surface area contributed by atoms with Crippen LogP contribution < -0.4 is 5.32 Å². The van der Waals surface area contributed by atoms with Gasteiger partial charge in [0.1, 0.15) is 5.54 Å². The van der Waals surface area contributed by atoms with E-state index in [1.807, 2.05) is 0 Å². The summed E-state index contributed by atoms with van der Waals surface area (Å²) in [4.78, 5) is 11.0. The number of carboxylic acid groups (broad SMARTS) is 1. The molecule has 1 aromatic carbocycles. The van der Waals surface area contributed by atoms with E-state index in [0.717, 1.165) is 6.07 Å². The number of anilines is 1. The number of alkyl halides is 3. The lowest BCUT2D eigenvalue weighted by Gasteiger charge is -2.18. The summed E-state index contributed by atoms with van der Waals surface area (Å²) in [6.07, 6.45) is -4.63. The van der Waals surface area contributed by atoms with Gasteiger partial charge in [0, 0.05) is 12.1 Å². The summed E-state index contributed by atoms with van der Waals surface area (Å²) < 4.78 is 38.2. The summed E-state index contributed by atoms with van der Waals surface area (Å²) in [7, 11) is 0. The maximum atomic E-state index is 12.7. The molecule has 3 nitrogen and oxygen atoms in total. The zero-order valence-electron chi connectivity index (χ0n) is 8.93. The van der Waals surface area contributed by atoms with Gasteiger partial charge in [0.25, 0.3) is 0 Å². The Morgan fingerprint density at radius 2 is 2.12 bits per heavy atom. The minimum Gasteiger partial charge on any atom is -0.480 e. The van der Waals surface area contributed by atoms with E-state index < -0.39 is 23.2 Å². The minimum absolute atomic E-state index is 0.0184. The maximum Gasteiger partial charge on any atom is 0.416 e. The lowest BCUT2D eigenvalue weighted by molar-refractivity contribution is -0.142. The van der Waals surface area contributed by atoms with Crippen molar-refractivity contribution in [3.8, 4) is 0 Å². The van der Waals surface area contributed by atoms with Gasteiger partial charge in [-0.1, -0.05) is 6.07 Å². The van der Waals surface area contributed by atoms with Crippen molar-refractivity contribution in [3.63, 3.8) is 0 Å². The van der Waals surface area contributed by atoms with Crippen molar-refractivity contribution in [1.29, 1.82) is 0 Å². The van der Waals surface area contributed by atoms with Crippen molar-refractivity contribution in [2.24, 2.45) is 0 Å². The normalized spacial score (nSPS) is 23.1. The van der Waals surface area contributed by atoms with Crippen LogP contribution in [0.4, 0.5) is 18.9 Å². The Hall–Kier alpha value is -1.72. The second-order valence-corrected chi connectivity index (χ2v) is 4.27. The van der Waals surface area contributed by atoms with Gasteiger partial charge in [0.05, 0.1) is 5.56 Å². The number of carbonyl (C=O) groups is 1. The third kappa shape index (κ3) is 1.83. The molecule has 17 heavy (non-hydrogen) atoms. The van der Waals surface area contributed by atoms with E-state index in [4.69, 9.17) is 5.11 Å². The van der Waals surface area contributed by atoms with Crippen molar-refractivity contribution in [3.05, 3.63) is 29.3 Å². The highest BCUT2D eigenvalue weighted by atomic mass is 19.4. The number of nitrogens with one attached hydrogen (secondary N) is 1. The van der Waals surface area contributed by atoms with Crippen LogP contribution >= 0.6 is 0 Å². The Kier molecular flexibility index (Phi) is 2.34. The first-order valence-electron chi connectivity index (χ1n) is 4.95.